The summed E-state index contributed by atoms with van der Waals surface area (Å²) in [5.74, 6) is 0.532. The summed E-state index contributed by atoms with van der Waals surface area (Å²) < 4.78 is 16.2. The molecule has 0 heterocycles. The van der Waals surface area contributed by atoms with Crippen molar-refractivity contribution in [3.8, 4) is 5.75 Å². The Morgan fingerprint density at radius 3 is 2.36 bits per heavy atom. The molecule has 0 aliphatic heterocycles. The number of hydrogen-bond donors (Lipinski definition) is 1. The van der Waals surface area contributed by atoms with E-state index < -0.39 is 6.86 Å². The quantitative estimate of drug-likeness (QED) is 0.717. The number of ether oxygens (including phenoxy) is 1. The topological polar surface area (TPSA) is 35.2 Å². The van der Waals surface area contributed by atoms with E-state index in [1.54, 1.807) is 12.1 Å². The molecule has 0 aliphatic rings. The molecular weight excluding hydrogens is 145 g/mol. The zero-order valence-corrected chi connectivity index (χ0v) is 6.09. The molecule has 0 saturated carbocycles. The van der Waals surface area contributed by atoms with Gasteiger partial charge in [-0.25, -0.2) is 4.39 Å². The molecule has 0 atom stereocenters. The minimum absolute atomic E-state index is 0.496. The van der Waals surface area contributed by atoms with Crippen LogP contribution in [0.2, 0.25) is 0 Å². The molecular formula is C8H10FNO. The van der Waals surface area contributed by atoms with E-state index in [1.807, 2.05) is 12.1 Å². The van der Waals surface area contributed by atoms with Gasteiger partial charge in [-0.3, -0.25) is 0 Å². The molecule has 0 spiro atoms. The first-order valence-corrected chi connectivity index (χ1v) is 3.34. The first-order chi connectivity index (χ1) is 5.36. The van der Waals surface area contributed by atoms with Crippen LogP contribution in [0, 0.1) is 0 Å². The summed E-state index contributed by atoms with van der Waals surface area (Å²) in [6, 6.07) is 7.01. The molecule has 1 aromatic rings. The highest BCUT2D eigenvalue weighted by Gasteiger charge is 1.91. The molecule has 60 valence electrons. The Kier molecular flexibility index (Phi) is 2.86. The van der Waals surface area contributed by atoms with Gasteiger partial charge < -0.3 is 10.5 Å². The minimum Gasteiger partial charge on any atom is -0.463 e. The maximum atomic E-state index is 11.6. The highest BCUT2D eigenvalue weighted by molar-refractivity contribution is 5.26. The van der Waals surface area contributed by atoms with E-state index in [-0.39, 0.29) is 0 Å². The highest BCUT2D eigenvalue weighted by Crippen LogP contribution is 2.11. The molecule has 0 bridgehead atoms. The monoisotopic (exact) mass is 155 g/mol. The van der Waals surface area contributed by atoms with Crippen LogP contribution in [0.25, 0.3) is 0 Å². The number of halogens is 1. The second-order valence-electron chi connectivity index (χ2n) is 2.10. The van der Waals surface area contributed by atoms with E-state index in [2.05, 4.69) is 4.74 Å². The second-order valence-corrected chi connectivity index (χ2v) is 2.10. The molecule has 0 radical (unpaired) electrons. The molecule has 0 unspecified atom stereocenters. The summed E-state index contributed by atoms with van der Waals surface area (Å²) in [6.07, 6.45) is 0. The van der Waals surface area contributed by atoms with Crippen molar-refractivity contribution in [3.05, 3.63) is 29.8 Å². The summed E-state index contributed by atoms with van der Waals surface area (Å²) in [5.41, 5.74) is 6.37. The lowest BCUT2D eigenvalue weighted by atomic mass is 10.2. The van der Waals surface area contributed by atoms with Crippen molar-refractivity contribution in [2.45, 2.75) is 6.54 Å². The van der Waals surface area contributed by atoms with E-state index >= 15 is 0 Å². The number of hydrogen-bond acceptors (Lipinski definition) is 2. The third-order valence-corrected chi connectivity index (χ3v) is 1.38. The SMILES string of the molecule is NCc1ccc(OCF)cc1. The molecule has 0 aliphatic carbocycles. The summed E-state index contributed by atoms with van der Waals surface area (Å²) in [6.45, 7) is -0.294. The van der Waals surface area contributed by atoms with Gasteiger partial charge in [0.15, 0.2) is 0 Å². The zero-order chi connectivity index (χ0) is 8.10. The van der Waals surface area contributed by atoms with Crippen LogP contribution in [0.1, 0.15) is 5.56 Å². The standard InChI is InChI=1S/C8H10FNO/c9-6-11-8-3-1-7(5-10)2-4-8/h1-4H,5-6,10H2. The Morgan fingerprint density at radius 1 is 1.27 bits per heavy atom. The smallest absolute Gasteiger partial charge is 0.228 e. The van der Waals surface area contributed by atoms with Crippen LogP contribution < -0.4 is 10.5 Å². The molecule has 0 aromatic heterocycles. The van der Waals surface area contributed by atoms with Gasteiger partial charge in [0.25, 0.3) is 0 Å². The van der Waals surface area contributed by atoms with Crippen LogP contribution in [0.3, 0.4) is 0 Å². The molecule has 0 fully saturated rings. The number of nitrogens with two attached hydrogens (primary N) is 1. The molecule has 3 heteroatoms. The van der Waals surface area contributed by atoms with Crippen LogP contribution in [0.4, 0.5) is 4.39 Å². The van der Waals surface area contributed by atoms with Crippen molar-refractivity contribution in [2.24, 2.45) is 5.73 Å². The van der Waals surface area contributed by atoms with Gasteiger partial charge in [0.1, 0.15) is 5.75 Å². The van der Waals surface area contributed by atoms with Gasteiger partial charge in [-0.1, -0.05) is 12.1 Å². The Morgan fingerprint density at radius 2 is 1.91 bits per heavy atom. The van der Waals surface area contributed by atoms with Crippen LogP contribution >= 0.6 is 0 Å². The van der Waals surface area contributed by atoms with Gasteiger partial charge in [-0.15, -0.1) is 0 Å². The lowest BCUT2D eigenvalue weighted by Crippen LogP contribution is -1.96. The fraction of sp³-hybridized carbons (Fsp3) is 0.250. The maximum absolute atomic E-state index is 11.6. The zero-order valence-electron chi connectivity index (χ0n) is 6.09. The molecule has 11 heavy (non-hydrogen) atoms. The predicted molar refractivity (Wildman–Crippen MR) is 40.9 cm³/mol. The van der Waals surface area contributed by atoms with Crippen molar-refractivity contribution in [1.82, 2.24) is 0 Å². The fourth-order valence-corrected chi connectivity index (χ4v) is 0.785. The van der Waals surface area contributed by atoms with Crippen LogP contribution in [-0.4, -0.2) is 6.86 Å². The summed E-state index contributed by atoms with van der Waals surface area (Å²) in [4.78, 5) is 0. The normalized spacial score (nSPS) is 9.64. The number of benzene rings is 1. The molecule has 0 saturated heterocycles. The van der Waals surface area contributed by atoms with Crippen LogP contribution in [0.5, 0.6) is 5.75 Å². The minimum atomic E-state index is -0.790. The van der Waals surface area contributed by atoms with E-state index in [4.69, 9.17) is 5.73 Å². The van der Waals surface area contributed by atoms with Crippen molar-refractivity contribution in [1.29, 1.82) is 0 Å². The van der Waals surface area contributed by atoms with Gasteiger partial charge in [0, 0.05) is 6.54 Å². The van der Waals surface area contributed by atoms with Crippen molar-refractivity contribution in [3.63, 3.8) is 0 Å². The van der Waals surface area contributed by atoms with E-state index in [9.17, 15) is 4.39 Å². The van der Waals surface area contributed by atoms with Crippen LogP contribution in [-0.2, 0) is 6.54 Å². The van der Waals surface area contributed by atoms with Crippen molar-refractivity contribution < 1.29 is 9.13 Å². The van der Waals surface area contributed by atoms with Gasteiger partial charge in [0.05, 0.1) is 0 Å². The number of rotatable bonds is 3. The third-order valence-electron chi connectivity index (χ3n) is 1.38. The molecule has 1 rings (SSSR count). The third kappa shape index (κ3) is 2.20. The van der Waals surface area contributed by atoms with Gasteiger partial charge >= 0.3 is 0 Å². The largest absolute Gasteiger partial charge is 0.463 e. The Hall–Kier alpha value is -1.09. The van der Waals surface area contributed by atoms with E-state index in [0.29, 0.717) is 12.3 Å². The number of alkyl halides is 1. The lowest BCUT2D eigenvalue weighted by Gasteiger charge is -2.00. The molecule has 0 amide bonds. The first kappa shape index (κ1) is 8.01. The second kappa shape index (κ2) is 3.93. The maximum Gasteiger partial charge on any atom is 0.228 e. The van der Waals surface area contributed by atoms with Crippen molar-refractivity contribution in [2.75, 3.05) is 6.86 Å². The van der Waals surface area contributed by atoms with Crippen LogP contribution in [0.15, 0.2) is 24.3 Å². The van der Waals surface area contributed by atoms with Gasteiger partial charge in [-0.2, -0.15) is 0 Å². The van der Waals surface area contributed by atoms with E-state index in [1.165, 1.54) is 0 Å². The lowest BCUT2D eigenvalue weighted by molar-refractivity contribution is 0.191. The Bertz CT molecular complexity index is 210. The average Bonchev–Trinajstić information content (AvgIpc) is 2.07. The summed E-state index contributed by atoms with van der Waals surface area (Å²) in [7, 11) is 0. The highest BCUT2D eigenvalue weighted by atomic mass is 19.1. The Balaban J connectivity index is 2.66. The summed E-state index contributed by atoms with van der Waals surface area (Å²) >= 11 is 0. The predicted octanol–water partition coefficient (Wildman–Crippen LogP) is 1.45. The summed E-state index contributed by atoms with van der Waals surface area (Å²) in [5, 5.41) is 0. The van der Waals surface area contributed by atoms with Crippen molar-refractivity contribution >= 4 is 0 Å². The van der Waals surface area contributed by atoms with Gasteiger partial charge in [0.2, 0.25) is 6.86 Å². The molecule has 2 N–H and O–H groups in total. The fourth-order valence-electron chi connectivity index (χ4n) is 0.785. The molecule has 2 nitrogen and oxygen atoms in total. The van der Waals surface area contributed by atoms with E-state index in [0.717, 1.165) is 5.56 Å². The first-order valence-electron chi connectivity index (χ1n) is 3.34. The average molecular weight is 155 g/mol. The Labute approximate surface area is 64.8 Å². The van der Waals surface area contributed by atoms with Gasteiger partial charge in [-0.05, 0) is 17.7 Å². The molecule has 1 aromatic carbocycles.